The van der Waals surface area contributed by atoms with Gasteiger partial charge in [0.2, 0.25) is 5.75 Å². The van der Waals surface area contributed by atoms with Crippen molar-refractivity contribution in [1.82, 2.24) is 9.13 Å². The van der Waals surface area contributed by atoms with Crippen LogP contribution in [0, 0.1) is 6.92 Å². The van der Waals surface area contributed by atoms with Crippen LogP contribution in [0.1, 0.15) is 378 Å². The lowest BCUT2D eigenvalue weighted by atomic mass is 10.0. The average molecular weight is 1270 g/mol. The van der Waals surface area contributed by atoms with Crippen molar-refractivity contribution < 1.29 is 34.0 Å². The number of aryl methyl sites for hydroxylation is 1. The van der Waals surface area contributed by atoms with Crippen LogP contribution in [0.15, 0.2) is 27.9 Å². The zero-order valence-corrected chi connectivity index (χ0v) is 60.5. The molecule has 0 aliphatic carbocycles. The third-order valence-corrected chi connectivity index (χ3v) is 26.7. The maximum absolute atomic E-state index is 15.0. The van der Waals surface area contributed by atoms with Gasteiger partial charge in [0.15, 0.2) is 11.5 Å². The number of aromatic nitrogens is 2. The Bertz CT molecular complexity index is 2160. The van der Waals surface area contributed by atoms with Crippen molar-refractivity contribution >= 4 is 14.0 Å². The summed E-state index contributed by atoms with van der Waals surface area (Å²) in [6.45, 7) is 19.7. The number of carbonyl (C=O) groups is 1. The maximum atomic E-state index is 15.0. The average Bonchev–Trinajstić information content (AvgIpc) is 1.66. The van der Waals surface area contributed by atoms with E-state index in [4.69, 9.17) is 18.9 Å². The molecule has 0 spiro atoms. The second-order valence-corrected chi connectivity index (χ2v) is 34.6. The zero-order chi connectivity index (χ0) is 64.9. The Morgan fingerprint density at radius 3 is 1.10 bits per heavy atom. The Morgan fingerprint density at radius 1 is 0.517 bits per heavy atom. The van der Waals surface area contributed by atoms with E-state index in [-0.39, 0.29) is 22.6 Å². The van der Waals surface area contributed by atoms with Crippen molar-refractivity contribution in [3.8, 4) is 17.2 Å². The number of rotatable bonds is 58. The highest BCUT2D eigenvalue weighted by atomic mass is 28.3. The third-order valence-electron chi connectivity index (χ3n) is 20.3. The summed E-state index contributed by atoms with van der Waals surface area (Å²) in [7, 11) is -2.62. The number of hydrogen-bond donors (Lipinski definition) is 2. The first-order chi connectivity index (χ1) is 43.1. The molecular weight excluding hydrogens is 1120 g/mol. The molecule has 1 aliphatic rings. The summed E-state index contributed by atoms with van der Waals surface area (Å²) in [5.74, 6) is 0.405. The highest BCUT2D eigenvalue weighted by Crippen LogP contribution is 2.51. The van der Waals surface area contributed by atoms with Gasteiger partial charge in [-0.1, -0.05) is 344 Å². The van der Waals surface area contributed by atoms with Gasteiger partial charge in [0.1, 0.15) is 12.3 Å². The van der Waals surface area contributed by atoms with Gasteiger partial charge in [-0.2, -0.15) is 4.57 Å². The quantitative estimate of drug-likeness (QED) is 0.0490. The first-order valence-electron chi connectivity index (χ1n) is 38.0. The minimum atomic E-state index is -2.62. The van der Waals surface area contributed by atoms with E-state index in [9.17, 15) is 19.8 Å². The lowest BCUT2D eigenvalue weighted by Crippen LogP contribution is -2.64. The maximum Gasteiger partial charge on any atom is 0.340 e. The molecule has 2 N–H and O–H groups in total. The van der Waals surface area contributed by atoms with Gasteiger partial charge in [-0.3, -0.25) is 14.2 Å². The summed E-state index contributed by atoms with van der Waals surface area (Å²) in [6, 6.07) is 3.25. The van der Waals surface area contributed by atoms with Gasteiger partial charge in [-0.25, -0.2) is 4.79 Å². The molecule has 1 fully saturated rings. The molecule has 3 atom stereocenters. The number of ether oxygens (including phenoxy) is 4. The Balaban J connectivity index is 1.78. The minimum Gasteiger partial charge on any atom is -0.490 e. The fourth-order valence-corrected chi connectivity index (χ4v) is 16.1. The second-order valence-electron chi connectivity index (χ2n) is 29.0. The van der Waals surface area contributed by atoms with Crippen LogP contribution in [0.5, 0.6) is 17.2 Å². The van der Waals surface area contributed by atoms with E-state index in [1.807, 2.05) is 0 Å². The molecule has 1 aliphatic heterocycles. The van der Waals surface area contributed by atoms with Crippen LogP contribution in [-0.4, -0.2) is 71.1 Å². The van der Waals surface area contributed by atoms with Gasteiger partial charge < -0.3 is 29.2 Å². The fraction of sp³-hybridized carbons (Fsp3) is 0.857. The summed E-state index contributed by atoms with van der Waals surface area (Å²) >= 11 is 0. The van der Waals surface area contributed by atoms with Crippen LogP contribution >= 0.6 is 0 Å². The van der Waals surface area contributed by atoms with Crippen LogP contribution in [0.25, 0.3) is 0 Å². The van der Waals surface area contributed by atoms with E-state index in [0.717, 1.165) is 57.8 Å². The molecule has 0 amide bonds. The van der Waals surface area contributed by atoms with Crippen molar-refractivity contribution in [3.05, 3.63) is 50.3 Å². The Labute approximate surface area is 547 Å². The van der Waals surface area contributed by atoms with Gasteiger partial charge in [-0.05, 0) is 43.4 Å². The standard InChI is InChI=1S/C77H140N2O9Si/c1-10-13-16-19-22-25-28-31-34-37-40-43-46-49-52-55-58-85-68-61-67(74(82)79-73(81)66(4)64-78(75(79)83)71-63-77(84,70(65-80)88-71)89(8,9)76(5,6)7)62-69(86-59-56-53-50-47-44-41-38-35-32-29-26-23-20-17-14-11-2)72(68)87-60-57-54-51-48-45-42-39-36-33-30-27-24-21-18-15-12-3/h61-62,64,70-71,80,84H,10-60,63,65H2,1-9H3/t70-,71-,77-/m1/s1. The Hall–Kier alpha value is -2.93. The molecule has 0 bridgehead atoms. The molecule has 0 saturated carbocycles. The molecule has 2 aromatic rings. The Morgan fingerprint density at radius 2 is 0.809 bits per heavy atom. The van der Waals surface area contributed by atoms with E-state index in [2.05, 4.69) is 54.6 Å². The predicted molar refractivity (Wildman–Crippen MR) is 379 cm³/mol. The van der Waals surface area contributed by atoms with Crippen LogP contribution in [-0.2, 0) is 4.74 Å². The van der Waals surface area contributed by atoms with Crippen molar-refractivity contribution in [1.29, 1.82) is 0 Å². The number of aliphatic hydroxyl groups is 2. The van der Waals surface area contributed by atoms with Crippen LogP contribution in [0.4, 0.5) is 0 Å². The summed E-state index contributed by atoms with van der Waals surface area (Å²) < 4.78 is 28.2. The summed E-state index contributed by atoms with van der Waals surface area (Å²) in [4.78, 5) is 43.9. The number of benzene rings is 1. The molecule has 1 saturated heterocycles. The zero-order valence-electron chi connectivity index (χ0n) is 59.5. The van der Waals surface area contributed by atoms with Crippen LogP contribution < -0.4 is 25.5 Å². The van der Waals surface area contributed by atoms with Gasteiger partial charge in [0.25, 0.3) is 11.5 Å². The number of hydrogen-bond acceptors (Lipinski definition) is 9. The lowest BCUT2D eigenvalue weighted by molar-refractivity contribution is -0.0598. The molecule has 12 heteroatoms. The largest absolute Gasteiger partial charge is 0.490 e. The molecule has 89 heavy (non-hydrogen) atoms. The van der Waals surface area contributed by atoms with Crippen molar-refractivity contribution in [2.75, 3.05) is 26.4 Å². The number of unbranched alkanes of at least 4 members (excludes halogenated alkanes) is 45. The molecule has 0 unspecified atom stereocenters. The van der Waals surface area contributed by atoms with Crippen LogP contribution in [0.2, 0.25) is 18.1 Å². The topological polar surface area (TPSA) is 138 Å². The first-order valence-corrected chi connectivity index (χ1v) is 41.0. The highest BCUT2D eigenvalue weighted by molar-refractivity contribution is 6.83. The molecule has 0 radical (unpaired) electrons. The number of aliphatic hydroxyl groups excluding tert-OH is 1. The molecule has 516 valence electrons. The fourth-order valence-electron chi connectivity index (χ4n) is 13.2. The van der Waals surface area contributed by atoms with E-state index in [1.54, 1.807) is 19.1 Å². The monoisotopic (exact) mass is 1270 g/mol. The molecule has 1 aromatic heterocycles. The number of carbonyl (C=O) groups excluding carboxylic acids is 1. The molecule has 11 nitrogen and oxygen atoms in total. The molecule has 3 rings (SSSR count). The van der Waals surface area contributed by atoms with Gasteiger partial charge in [0, 0.05) is 23.7 Å². The summed E-state index contributed by atoms with van der Waals surface area (Å²) in [5.41, 5.74) is -1.36. The van der Waals surface area contributed by atoms with E-state index < -0.39 is 49.4 Å². The smallest absolute Gasteiger partial charge is 0.340 e. The Kier molecular flexibility index (Phi) is 44.0. The van der Waals surface area contributed by atoms with Gasteiger partial charge in [0.05, 0.1) is 39.7 Å². The molecular formula is C77H140N2O9Si. The third kappa shape index (κ3) is 31.2. The van der Waals surface area contributed by atoms with Crippen LogP contribution in [0.3, 0.4) is 0 Å². The van der Waals surface area contributed by atoms with E-state index >= 15 is 4.79 Å². The first kappa shape index (κ1) is 80.3. The summed E-state index contributed by atoms with van der Waals surface area (Å²) in [6.07, 6.45) is 60.8. The molecule has 1 aromatic carbocycles. The van der Waals surface area contributed by atoms with E-state index in [0.29, 0.717) is 41.6 Å². The van der Waals surface area contributed by atoms with Crippen molar-refractivity contribution in [2.45, 2.75) is 399 Å². The van der Waals surface area contributed by atoms with E-state index in [1.165, 1.54) is 261 Å². The minimum absolute atomic E-state index is 0.0284. The number of nitrogens with zero attached hydrogens (tertiary/aromatic N) is 2. The van der Waals surface area contributed by atoms with Crippen molar-refractivity contribution in [3.63, 3.8) is 0 Å². The highest BCUT2D eigenvalue weighted by Gasteiger charge is 2.61. The second kappa shape index (κ2) is 48.7. The van der Waals surface area contributed by atoms with Crippen molar-refractivity contribution in [2.24, 2.45) is 0 Å². The molecule has 2 heterocycles. The SMILES string of the molecule is CCCCCCCCCCCCCCCCCCOc1cc(C(=O)n2c(=O)c(C)cn([C@H]3C[C@@](O)([Si](C)(C)C(C)(C)C)[C@@H](CO)O3)c2=O)cc(OCCCCCCCCCCCCCCCCCC)c1OCCCCCCCCCCCCCCCCCC. The van der Waals surface area contributed by atoms with Gasteiger partial charge >= 0.3 is 5.69 Å². The lowest BCUT2D eigenvalue weighted by Gasteiger charge is -2.49. The normalized spacial score (nSPS) is 16.2. The van der Waals surface area contributed by atoms with Gasteiger partial charge in [-0.15, -0.1) is 0 Å². The summed E-state index contributed by atoms with van der Waals surface area (Å²) in [5, 5.41) is 21.3. The predicted octanol–water partition coefficient (Wildman–Crippen LogP) is 22.0.